The number of hydrogen-bond acceptors (Lipinski definition) is 3. The van der Waals surface area contributed by atoms with E-state index in [1.54, 1.807) is 27.7 Å². The highest BCUT2D eigenvalue weighted by Gasteiger charge is 2.36. The summed E-state index contributed by atoms with van der Waals surface area (Å²) in [5, 5.41) is 0. The third-order valence-electron chi connectivity index (χ3n) is 1.77. The van der Waals surface area contributed by atoms with Gasteiger partial charge in [-0.25, -0.2) is 9.79 Å². The molecule has 0 aliphatic rings. The first-order valence-electron chi connectivity index (χ1n) is 6.77. The number of amides is 1. The predicted octanol–water partition coefficient (Wildman–Crippen LogP) is 4.93. The summed E-state index contributed by atoms with van der Waals surface area (Å²) in [4.78, 5) is 15.7. The van der Waals surface area contributed by atoms with Gasteiger partial charge >= 0.3 is 12.3 Å². The Bertz CT molecular complexity index is 421. The summed E-state index contributed by atoms with van der Waals surface area (Å²) in [6.07, 6.45) is -4.51. The lowest BCUT2D eigenvalue weighted by Gasteiger charge is -2.28. The van der Waals surface area contributed by atoms with Gasteiger partial charge in [0.05, 0.1) is 0 Å². The van der Waals surface area contributed by atoms with Crippen LogP contribution in [-0.2, 0) is 4.74 Å². The highest BCUT2D eigenvalue weighted by Crippen LogP contribution is 2.23. The number of aliphatic imine (C=N–C) groups is 1. The van der Waals surface area contributed by atoms with Gasteiger partial charge in [0.25, 0.3) is 0 Å². The van der Waals surface area contributed by atoms with Gasteiger partial charge in [0.1, 0.15) is 18.0 Å². The van der Waals surface area contributed by atoms with Gasteiger partial charge in [0, 0.05) is 0 Å². The maximum atomic E-state index is 12.6. The van der Waals surface area contributed by atoms with Gasteiger partial charge in [-0.3, -0.25) is 4.90 Å². The number of rotatable bonds is 4. The van der Waals surface area contributed by atoms with Crippen molar-refractivity contribution in [1.82, 2.24) is 4.90 Å². The Kier molecular flexibility index (Phi) is 9.48. The van der Waals surface area contributed by atoms with E-state index >= 15 is 0 Å². The summed E-state index contributed by atoms with van der Waals surface area (Å²) in [7, 11) is 0. The van der Waals surface area contributed by atoms with Crippen molar-refractivity contribution in [1.29, 1.82) is 0 Å². The SMILES string of the molecule is C=N/C(=C\C(=C)C)N(CC(F)(F)F)C(=O)OC(C)(C)C.CC. The average molecular weight is 322 g/mol. The summed E-state index contributed by atoms with van der Waals surface area (Å²) >= 11 is 0. The molecule has 0 spiro atoms. The second-order valence-electron chi connectivity index (χ2n) is 5.19. The minimum absolute atomic E-state index is 0.260. The van der Waals surface area contributed by atoms with Crippen molar-refractivity contribution in [3.8, 4) is 0 Å². The second kappa shape index (κ2) is 9.27. The predicted molar refractivity (Wildman–Crippen MR) is 82.8 cm³/mol. The summed E-state index contributed by atoms with van der Waals surface area (Å²) in [6.45, 7) is 15.4. The Hall–Kier alpha value is -1.79. The first-order chi connectivity index (χ1) is 9.85. The molecule has 0 atom stereocenters. The molecular formula is C15H25F3N2O2. The van der Waals surface area contributed by atoms with Crippen LogP contribution in [0.2, 0.25) is 0 Å². The van der Waals surface area contributed by atoms with Gasteiger partial charge in [-0.2, -0.15) is 13.2 Å². The Labute approximate surface area is 130 Å². The van der Waals surface area contributed by atoms with Crippen molar-refractivity contribution < 1.29 is 22.7 Å². The molecule has 7 heteroatoms. The summed E-state index contributed by atoms with van der Waals surface area (Å²) in [6, 6.07) is 0. The number of hydrogen-bond donors (Lipinski definition) is 0. The first-order valence-corrected chi connectivity index (χ1v) is 6.77. The summed E-state index contributed by atoms with van der Waals surface area (Å²) in [5.74, 6) is -0.260. The molecule has 0 bridgehead atoms. The molecule has 0 saturated carbocycles. The van der Waals surface area contributed by atoms with E-state index in [4.69, 9.17) is 4.74 Å². The largest absolute Gasteiger partial charge is 0.443 e. The number of carbonyl (C=O) groups is 1. The van der Waals surface area contributed by atoms with E-state index in [1.807, 2.05) is 13.8 Å². The molecule has 0 saturated heterocycles. The highest BCUT2D eigenvalue weighted by molar-refractivity contribution is 5.71. The average Bonchev–Trinajstić information content (AvgIpc) is 2.32. The zero-order chi connectivity index (χ0) is 18.1. The lowest BCUT2D eigenvalue weighted by atomic mass is 10.2. The molecule has 0 radical (unpaired) electrons. The normalized spacial score (nSPS) is 12.0. The van der Waals surface area contributed by atoms with Crippen LogP contribution in [0.25, 0.3) is 0 Å². The number of ether oxygens (including phenoxy) is 1. The first kappa shape index (κ1) is 22.5. The number of halogens is 3. The van der Waals surface area contributed by atoms with Crippen LogP contribution >= 0.6 is 0 Å². The summed E-state index contributed by atoms with van der Waals surface area (Å²) in [5.41, 5.74) is -0.487. The van der Waals surface area contributed by atoms with Crippen molar-refractivity contribution in [3.05, 3.63) is 24.0 Å². The van der Waals surface area contributed by atoms with Crippen molar-refractivity contribution >= 4 is 12.8 Å². The van der Waals surface area contributed by atoms with E-state index in [0.717, 1.165) is 0 Å². The van der Waals surface area contributed by atoms with Crippen molar-refractivity contribution in [2.24, 2.45) is 4.99 Å². The number of alkyl halides is 3. The van der Waals surface area contributed by atoms with Crippen LogP contribution < -0.4 is 0 Å². The smallest absolute Gasteiger partial charge is 0.416 e. The zero-order valence-electron chi connectivity index (χ0n) is 14.0. The molecule has 4 nitrogen and oxygen atoms in total. The van der Waals surface area contributed by atoms with Gasteiger partial charge in [0.15, 0.2) is 0 Å². The minimum Gasteiger partial charge on any atom is -0.443 e. The van der Waals surface area contributed by atoms with Gasteiger partial charge in [-0.15, -0.1) is 0 Å². The molecule has 0 aromatic carbocycles. The molecule has 0 rings (SSSR count). The monoisotopic (exact) mass is 322 g/mol. The third-order valence-corrected chi connectivity index (χ3v) is 1.77. The lowest BCUT2D eigenvalue weighted by molar-refractivity contribution is -0.140. The van der Waals surface area contributed by atoms with E-state index in [-0.39, 0.29) is 5.82 Å². The van der Waals surface area contributed by atoms with Crippen LogP contribution in [0.15, 0.2) is 29.0 Å². The van der Waals surface area contributed by atoms with Gasteiger partial charge in [0.2, 0.25) is 0 Å². The molecule has 22 heavy (non-hydrogen) atoms. The molecular weight excluding hydrogens is 297 g/mol. The minimum atomic E-state index is -4.59. The summed E-state index contributed by atoms with van der Waals surface area (Å²) < 4.78 is 42.7. The lowest BCUT2D eigenvalue weighted by Crippen LogP contribution is -2.41. The molecule has 0 aliphatic carbocycles. The Morgan fingerprint density at radius 3 is 2.00 bits per heavy atom. The Balaban J connectivity index is 0. The van der Waals surface area contributed by atoms with Crippen LogP contribution in [0.1, 0.15) is 41.5 Å². The maximum Gasteiger partial charge on any atom is 0.416 e. The molecule has 0 aromatic heterocycles. The van der Waals surface area contributed by atoms with Crippen molar-refractivity contribution in [3.63, 3.8) is 0 Å². The van der Waals surface area contributed by atoms with E-state index < -0.39 is 24.4 Å². The van der Waals surface area contributed by atoms with Gasteiger partial charge < -0.3 is 4.74 Å². The standard InChI is InChI=1S/C13H19F3N2O2.C2H6/c1-9(2)7-10(17-6)18(8-13(14,15)16)11(19)20-12(3,4)5;1-2/h7H,1,6,8H2,2-5H3;1-2H3/b10-7+;. The second-order valence-corrected chi connectivity index (χ2v) is 5.19. The Morgan fingerprint density at radius 1 is 1.27 bits per heavy atom. The molecule has 0 aromatic rings. The number of nitrogens with zero attached hydrogens (tertiary/aromatic N) is 2. The van der Waals surface area contributed by atoms with E-state index in [9.17, 15) is 18.0 Å². The fraction of sp³-hybridized carbons (Fsp3) is 0.600. The van der Waals surface area contributed by atoms with Crippen LogP contribution in [0, 0.1) is 0 Å². The molecule has 0 N–H and O–H groups in total. The third kappa shape index (κ3) is 10.9. The zero-order valence-corrected chi connectivity index (χ0v) is 14.0. The van der Waals surface area contributed by atoms with Crippen molar-refractivity contribution in [2.75, 3.05) is 6.54 Å². The molecule has 0 unspecified atom stereocenters. The fourth-order valence-electron chi connectivity index (χ4n) is 1.16. The van der Waals surface area contributed by atoms with E-state index in [1.165, 1.54) is 6.08 Å². The molecule has 1 amide bonds. The Morgan fingerprint density at radius 2 is 1.73 bits per heavy atom. The van der Waals surface area contributed by atoms with Crippen LogP contribution in [0.4, 0.5) is 18.0 Å². The maximum absolute atomic E-state index is 12.6. The van der Waals surface area contributed by atoms with Crippen LogP contribution in [0.5, 0.6) is 0 Å². The highest BCUT2D eigenvalue weighted by atomic mass is 19.4. The molecule has 0 fully saturated rings. The number of carbonyl (C=O) groups excluding carboxylic acids is 1. The molecule has 0 aliphatic heterocycles. The fourth-order valence-corrected chi connectivity index (χ4v) is 1.16. The van der Waals surface area contributed by atoms with Crippen molar-refractivity contribution in [2.45, 2.75) is 53.3 Å². The topological polar surface area (TPSA) is 41.9 Å². The van der Waals surface area contributed by atoms with Gasteiger partial charge in [-0.05, 0) is 40.5 Å². The molecule has 128 valence electrons. The van der Waals surface area contributed by atoms with Crippen LogP contribution in [0.3, 0.4) is 0 Å². The van der Waals surface area contributed by atoms with Crippen LogP contribution in [-0.4, -0.2) is 36.0 Å². The molecule has 0 heterocycles. The van der Waals surface area contributed by atoms with E-state index in [2.05, 4.69) is 18.3 Å². The number of allylic oxidation sites excluding steroid dienone is 2. The van der Waals surface area contributed by atoms with E-state index in [0.29, 0.717) is 10.5 Å². The van der Waals surface area contributed by atoms with Gasteiger partial charge in [-0.1, -0.05) is 26.0 Å². The quantitative estimate of drug-likeness (QED) is 0.544.